The Labute approximate surface area is 105 Å². The van der Waals surface area contributed by atoms with Crippen LogP contribution in [-0.4, -0.2) is 23.3 Å². The maximum atomic E-state index is 11.8. The lowest BCUT2D eigenvalue weighted by Crippen LogP contribution is -2.12. The van der Waals surface area contributed by atoms with Gasteiger partial charge in [0.15, 0.2) is 5.00 Å². The fraction of sp³-hybridized carbons (Fsp3) is 0. The van der Waals surface area contributed by atoms with Crippen LogP contribution in [0, 0.1) is 10.1 Å². The largest absolute Gasteiger partial charge is 0.385 e. The van der Waals surface area contributed by atoms with Crippen LogP contribution in [0.15, 0.2) is 22.7 Å². The first kappa shape index (κ1) is 12.3. The minimum Gasteiger partial charge on any atom is -0.385 e. The molecular weight excluding hydrogens is 282 g/mol. The van der Waals surface area contributed by atoms with Crippen LogP contribution in [0.25, 0.3) is 0 Å². The van der Waals surface area contributed by atoms with Crippen molar-refractivity contribution in [1.29, 1.82) is 0 Å². The predicted octanol–water partition coefficient (Wildman–Crippen LogP) is 0.762. The van der Waals surface area contributed by atoms with Crippen molar-refractivity contribution >= 4 is 38.0 Å². The normalized spacial score (nSPS) is 11.3. The van der Waals surface area contributed by atoms with Gasteiger partial charge in [0.25, 0.3) is 10.0 Å². The average Bonchev–Trinajstić information content (AvgIpc) is 2.86. The SMILES string of the molecule is Nc1sc(S(=O)(=O)Nc2ncc[nH]2)cc1[N+](=O)[O-]. The molecule has 0 spiro atoms. The Hall–Kier alpha value is -2.14. The number of thiophene rings is 1. The molecule has 0 aliphatic rings. The Bertz CT molecular complexity index is 675. The van der Waals surface area contributed by atoms with Crippen LogP contribution in [0.4, 0.5) is 16.6 Å². The van der Waals surface area contributed by atoms with Gasteiger partial charge in [-0.1, -0.05) is 11.3 Å². The van der Waals surface area contributed by atoms with Crippen LogP contribution >= 0.6 is 11.3 Å². The average molecular weight is 289 g/mol. The summed E-state index contributed by atoms with van der Waals surface area (Å²) < 4.78 is 25.6. The van der Waals surface area contributed by atoms with E-state index in [9.17, 15) is 18.5 Å². The highest BCUT2D eigenvalue weighted by Gasteiger charge is 2.25. The number of anilines is 2. The van der Waals surface area contributed by atoms with Crippen molar-refractivity contribution in [2.45, 2.75) is 4.21 Å². The van der Waals surface area contributed by atoms with Gasteiger partial charge in [-0.05, 0) is 0 Å². The standard InChI is InChI=1S/C7H7N5O4S2/c8-6-4(12(13)14)3-5(17-6)18(15,16)11-7-9-1-2-10-7/h1-3H,8H2,(H2,9,10,11). The molecule has 0 bridgehead atoms. The molecule has 0 aromatic carbocycles. The molecule has 0 atom stereocenters. The summed E-state index contributed by atoms with van der Waals surface area (Å²) in [5.41, 5.74) is 4.94. The van der Waals surface area contributed by atoms with E-state index >= 15 is 0 Å². The molecule has 0 aliphatic heterocycles. The zero-order chi connectivity index (χ0) is 13.3. The molecule has 9 nitrogen and oxygen atoms in total. The maximum absolute atomic E-state index is 11.8. The molecule has 0 amide bonds. The first-order chi connectivity index (χ1) is 8.40. The predicted molar refractivity (Wildman–Crippen MR) is 64.8 cm³/mol. The van der Waals surface area contributed by atoms with Gasteiger partial charge >= 0.3 is 5.69 Å². The quantitative estimate of drug-likeness (QED) is 0.559. The Morgan fingerprint density at radius 3 is 2.78 bits per heavy atom. The summed E-state index contributed by atoms with van der Waals surface area (Å²) in [5, 5.41) is 10.4. The number of hydrogen-bond donors (Lipinski definition) is 3. The molecule has 0 saturated heterocycles. The summed E-state index contributed by atoms with van der Waals surface area (Å²) in [6.45, 7) is 0. The van der Waals surface area contributed by atoms with E-state index in [2.05, 4.69) is 14.7 Å². The van der Waals surface area contributed by atoms with E-state index in [4.69, 9.17) is 5.73 Å². The number of nitrogen functional groups attached to an aromatic ring is 1. The molecular formula is C7H7N5O4S2. The van der Waals surface area contributed by atoms with Gasteiger partial charge in [0.05, 0.1) is 4.92 Å². The third kappa shape index (κ3) is 2.26. The van der Waals surface area contributed by atoms with E-state index < -0.39 is 20.6 Å². The van der Waals surface area contributed by atoms with Crippen molar-refractivity contribution in [3.63, 3.8) is 0 Å². The van der Waals surface area contributed by atoms with Crippen molar-refractivity contribution in [2.75, 3.05) is 10.5 Å². The Balaban J connectivity index is 2.36. The molecule has 0 unspecified atom stereocenters. The van der Waals surface area contributed by atoms with E-state index in [0.29, 0.717) is 11.3 Å². The second-order valence-electron chi connectivity index (χ2n) is 3.12. The van der Waals surface area contributed by atoms with E-state index in [-0.39, 0.29) is 15.2 Å². The zero-order valence-electron chi connectivity index (χ0n) is 8.65. The van der Waals surface area contributed by atoms with Crippen molar-refractivity contribution in [3.05, 3.63) is 28.6 Å². The summed E-state index contributed by atoms with van der Waals surface area (Å²) in [7, 11) is -3.93. The van der Waals surface area contributed by atoms with Gasteiger partial charge in [-0.15, -0.1) is 0 Å². The molecule has 18 heavy (non-hydrogen) atoms. The number of sulfonamides is 1. The lowest BCUT2D eigenvalue weighted by molar-refractivity contribution is -0.383. The smallest absolute Gasteiger partial charge is 0.304 e. The topological polar surface area (TPSA) is 144 Å². The minimum atomic E-state index is -3.93. The molecule has 0 aliphatic carbocycles. The number of nitrogens with one attached hydrogen (secondary N) is 2. The van der Waals surface area contributed by atoms with Gasteiger partial charge in [-0.2, -0.15) is 0 Å². The van der Waals surface area contributed by atoms with Crippen LogP contribution in [0.2, 0.25) is 0 Å². The van der Waals surface area contributed by atoms with Gasteiger partial charge < -0.3 is 10.7 Å². The molecule has 2 aromatic heterocycles. The van der Waals surface area contributed by atoms with Crippen molar-refractivity contribution < 1.29 is 13.3 Å². The van der Waals surface area contributed by atoms with Crippen LogP contribution in [0.3, 0.4) is 0 Å². The lowest BCUT2D eigenvalue weighted by Gasteiger charge is -2.00. The number of nitro groups is 1. The zero-order valence-corrected chi connectivity index (χ0v) is 10.3. The molecule has 96 valence electrons. The third-order valence-corrected chi connectivity index (χ3v) is 4.67. The van der Waals surface area contributed by atoms with Crippen molar-refractivity contribution in [3.8, 4) is 0 Å². The summed E-state index contributed by atoms with van der Waals surface area (Å²) in [6, 6.07) is 0.908. The molecule has 2 heterocycles. The van der Waals surface area contributed by atoms with Crippen LogP contribution in [-0.2, 0) is 10.0 Å². The summed E-state index contributed by atoms with van der Waals surface area (Å²) in [5.74, 6) is 0.0182. The highest BCUT2D eigenvalue weighted by Crippen LogP contribution is 2.34. The van der Waals surface area contributed by atoms with E-state index in [0.717, 1.165) is 6.07 Å². The fourth-order valence-corrected chi connectivity index (χ4v) is 3.34. The highest BCUT2D eigenvalue weighted by atomic mass is 32.2. The highest BCUT2D eigenvalue weighted by molar-refractivity contribution is 7.94. The first-order valence-corrected chi connectivity index (χ1v) is 6.76. The number of nitrogens with zero attached hydrogens (tertiary/aromatic N) is 2. The van der Waals surface area contributed by atoms with Gasteiger partial charge in [0.1, 0.15) is 4.21 Å². The number of nitrogens with two attached hydrogens (primary N) is 1. The number of H-pyrrole nitrogens is 1. The van der Waals surface area contributed by atoms with Gasteiger partial charge in [-0.25, -0.2) is 18.1 Å². The van der Waals surface area contributed by atoms with Crippen molar-refractivity contribution in [1.82, 2.24) is 9.97 Å². The molecule has 4 N–H and O–H groups in total. The third-order valence-electron chi connectivity index (χ3n) is 1.91. The molecule has 2 aromatic rings. The molecule has 11 heteroatoms. The van der Waals surface area contributed by atoms with E-state index in [1.165, 1.54) is 12.4 Å². The molecule has 0 fully saturated rings. The van der Waals surface area contributed by atoms with E-state index in [1.807, 2.05) is 0 Å². The molecule has 0 radical (unpaired) electrons. The van der Waals surface area contributed by atoms with Crippen LogP contribution in [0.5, 0.6) is 0 Å². The lowest BCUT2D eigenvalue weighted by atomic mass is 10.5. The van der Waals surface area contributed by atoms with Crippen LogP contribution in [0.1, 0.15) is 0 Å². The summed E-state index contributed by atoms with van der Waals surface area (Å²) in [4.78, 5) is 16.1. The number of rotatable bonds is 4. The molecule has 0 saturated carbocycles. The Morgan fingerprint density at radius 2 is 2.28 bits per heavy atom. The van der Waals surface area contributed by atoms with E-state index in [1.54, 1.807) is 0 Å². The minimum absolute atomic E-state index is 0.0182. The maximum Gasteiger partial charge on any atom is 0.304 e. The summed E-state index contributed by atoms with van der Waals surface area (Å²) in [6.07, 6.45) is 2.80. The van der Waals surface area contributed by atoms with Crippen molar-refractivity contribution in [2.24, 2.45) is 0 Å². The Kier molecular flexibility index (Phi) is 2.92. The fourth-order valence-electron chi connectivity index (χ4n) is 1.15. The van der Waals surface area contributed by atoms with Gasteiger partial charge in [-0.3, -0.25) is 10.1 Å². The monoisotopic (exact) mass is 289 g/mol. The number of aromatic nitrogens is 2. The second-order valence-corrected chi connectivity index (χ2v) is 6.11. The number of aromatic amines is 1. The Morgan fingerprint density at radius 1 is 1.56 bits per heavy atom. The number of hydrogen-bond acceptors (Lipinski definition) is 7. The second kappa shape index (κ2) is 4.27. The summed E-state index contributed by atoms with van der Waals surface area (Å²) >= 11 is 0.615. The van der Waals surface area contributed by atoms with Crippen LogP contribution < -0.4 is 10.5 Å². The van der Waals surface area contributed by atoms with Gasteiger partial charge in [0.2, 0.25) is 5.95 Å². The first-order valence-electron chi connectivity index (χ1n) is 4.46. The molecule has 2 rings (SSSR count). The van der Waals surface area contributed by atoms with Gasteiger partial charge in [0, 0.05) is 18.5 Å². The number of imidazole rings is 1.